The Labute approximate surface area is 188 Å². The molecule has 3 aromatic carbocycles. The molecule has 33 heavy (non-hydrogen) atoms. The van der Waals surface area contributed by atoms with Crippen molar-refractivity contribution in [3.8, 4) is 0 Å². The van der Waals surface area contributed by atoms with Crippen molar-refractivity contribution in [1.82, 2.24) is 0 Å². The number of rotatable bonds is 8. The second-order valence-electron chi connectivity index (χ2n) is 6.13. The number of carbonyl (C=O) groups excluding carboxylic acids is 3. The summed E-state index contributed by atoms with van der Waals surface area (Å²) >= 11 is 0. The van der Waals surface area contributed by atoms with Crippen LogP contribution in [0.1, 0.15) is 0 Å². The summed E-state index contributed by atoms with van der Waals surface area (Å²) in [4.78, 5) is 64.6. The number of hydrogen-bond donors (Lipinski definition) is 2. The van der Waals surface area contributed by atoms with Gasteiger partial charge in [0.2, 0.25) is 18.2 Å². The molecule has 0 saturated carbocycles. The van der Waals surface area contributed by atoms with Crippen LogP contribution in [-0.4, -0.2) is 28.0 Å². The third-order valence-electron chi connectivity index (χ3n) is 4.23. The molecule has 0 bridgehead atoms. The minimum Gasteiger partial charge on any atom is -0.302 e. The van der Waals surface area contributed by atoms with Crippen molar-refractivity contribution in [3.05, 3.63) is 72.8 Å². The maximum Gasteiger partial charge on any atom is 0.480 e. The summed E-state index contributed by atoms with van der Waals surface area (Å²) in [5.41, 5.74) is -0.0258. The van der Waals surface area contributed by atoms with Gasteiger partial charge in [0.1, 0.15) is 0 Å². The number of isocyanates is 3. The molecule has 0 atom stereocenters. The minimum atomic E-state index is -5.28. The maximum atomic E-state index is 12.3. The molecule has 0 saturated heterocycles. The van der Waals surface area contributed by atoms with Crippen LogP contribution >= 0.6 is 18.1 Å². The molecule has 0 unspecified atom stereocenters. The van der Waals surface area contributed by atoms with Crippen LogP contribution in [0, 0.1) is 0 Å². The van der Waals surface area contributed by atoms with Gasteiger partial charge in [0.15, 0.2) is 0 Å². The zero-order valence-corrected chi connectivity index (χ0v) is 18.3. The van der Waals surface area contributed by atoms with E-state index in [0.717, 1.165) is 0 Å². The third-order valence-corrected chi connectivity index (χ3v) is 8.80. The molecule has 0 aliphatic carbocycles. The lowest BCUT2D eigenvalue weighted by Crippen LogP contribution is -2.08. The summed E-state index contributed by atoms with van der Waals surface area (Å²) in [6, 6.07) is 17.9. The highest BCUT2D eigenvalue weighted by atomic mass is 32.3. The van der Waals surface area contributed by atoms with E-state index in [1.807, 2.05) is 0 Å². The Morgan fingerprint density at radius 2 is 0.939 bits per heavy atom. The van der Waals surface area contributed by atoms with E-state index in [0.29, 0.717) is 0 Å². The van der Waals surface area contributed by atoms with E-state index in [-0.39, 0.29) is 31.7 Å². The summed E-state index contributed by atoms with van der Waals surface area (Å²) in [5.74, 6) is 0. The first kappa shape index (κ1) is 23.9. The van der Waals surface area contributed by atoms with Crippen molar-refractivity contribution in [2.75, 3.05) is 0 Å². The normalized spacial score (nSPS) is 13.4. The maximum absolute atomic E-state index is 12.3. The van der Waals surface area contributed by atoms with Gasteiger partial charge < -0.3 is 9.79 Å². The highest BCUT2D eigenvalue weighted by Crippen LogP contribution is 2.78. The predicted octanol–water partition coefficient (Wildman–Crippen LogP) is 4.89. The molecule has 12 heteroatoms. The fraction of sp³-hybridized carbons (Fsp3) is 0. The van der Waals surface area contributed by atoms with Crippen LogP contribution in [0.5, 0.6) is 0 Å². The summed E-state index contributed by atoms with van der Waals surface area (Å²) in [6.45, 7) is 0. The number of benzene rings is 3. The molecule has 0 fully saturated rings. The summed E-state index contributed by atoms with van der Waals surface area (Å²) in [6.07, 6.45) is 4.23. The van der Waals surface area contributed by atoms with E-state index in [4.69, 9.17) is 3.97 Å². The van der Waals surface area contributed by atoms with Gasteiger partial charge in [0, 0.05) is 14.7 Å². The van der Waals surface area contributed by atoms with Crippen LogP contribution in [0.25, 0.3) is 0 Å². The van der Waals surface area contributed by atoms with Crippen molar-refractivity contribution >= 4 is 53.4 Å². The average molecular weight is 483 g/mol. The fourth-order valence-corrected chi connectivity index (χ4v) is 8.02. The van der Waals surface area contributed by atoms with Gasteiger partial charge in [-0.15, -0.1) is 0 Å². The highest BCUT2D eigenvalue weighted by Gasteiger charge is 2.43. The van der Waals surface area contributed by atoms with Crippen molar-refractivity contribution in [2.45, 2.75) is 14.7 Å². The lowest BCUT2D eigenvalue weighted by Gasteiger charge is -2.41. The first-order chi connectivity index (χ1) is 15.9. The van der Waals surface area contributed by atoms with Crippen LogP contribution in [-0.2, 0) is 22.9 Å². The van der Waals surface area contributed by atoms with Crippen molar-refractivity contribution < 1.29 is 32.7 Å². The Balaban J connectivity index is 2.65. The fourth-order valence-electron chi connectivity index (χ4n) is 3.15. The summed E-state index contributed by atoms with van der Waals surface area (Å²) in [5, 5.41) is 0. The molecule has 0 aromatic heterocycles. The minimum absolute atomic E-state index is 0.00859. The van der Waals surface area contributed by atoms with Crippen molar-refractivity contribution in [2.24, 2.45) is 15.0 Å². The Hall–Kier alpha value is -3.74. The number of aliphatic imine (C=N–C) groups is 3. The lowest BCUT2D eigenvalue weighted by molar-refractivity contribution is 0.294. The molecule has 0 spiro atoms. The monoisotopic (exact) mass is 483 g/mol. The van der Waals surface area contributed by atoms with E-state index in [2.05, 4.69) is 15.0 Å². The first-order valence-electron chi connectivity index (χ1n) is 8.98. The van der Waals surface area contributed by atoms with Crippen LogP contribution in [0.4, 0.5) is 17.1 Å². The number of para-hydroxylation sites is 3. The number of phosphoric acid groups is 1. The van der Waals surface area contributed by atoms with Gasteiger partial charge in [0.25, 0.3) is 0 Å². The Morgan fingerprint density at radius 3 is 1.21 bits per heavy atom. The Bertz CT molecular complexity index is 1240. The van der Waals surface area contributed by atoms with Gasteiger partial charge in [-0.25, -0.2) is 22.9 Å². The molecule has 0 radical (unpaired) electrons. The molecule has 166 valence electrons. The quantitative estimate of drug-likeness (QED) is 0.262. The summed E-state index contributed by atoms with van der Waals surface area (Å²) < 4.78 is 17.9. The number of nitrogens with zero attached hydrogens (tertiary/aromatic N) is 3. The molecular formula is C21H14N3O7PS. The largest absolute Gasteiger partial charge is 0.480 e. The molecule has 2 N–H and O–H groups in total. The topological polar surface area (TPSA) is 155 Å². The second kappa shape index (κ2) is 10.3. The number of hydrogen-bond acceptors (Lipinski definition) is 8. The SMILES string of the molecule is O=C=Nc1ccccc1S(OP(=O)(O)O)(c1ccccc1N=C=O)c1ccccc1N=C=O. The van der Waals surface area contributed by atoms with E-state index < -0.39 is 18.1 Å². The predicted molar refractivity (Wildman–Crippen MR) is 118 cm³/mol. The standard InChI is InChI=1S/C21H14N3O7PS/c25-13-22-16-7-1-4-10-19(16)33(31-32(28,29)30,20-11-5-2-8-17(20)23-14-26)21-12-6-3-9-18(21)24-15-27/h1-12H,(H2,28,29,30). The van der Waals surface area contributed by atoms with Crippen LogP contribution in [0.2, 0.25) is 0 Å². The smallest absolute Gasteiger partial charge is 0.302 e. The third kappa shape index (κ3) is 5.03. The van der Waals surface area contributed by atoms with Gasteiger partial charge in [-0.05, 0) is 46.7 Å². The van der Waals surface area contributed by atoms with E-state index >= 15 is 0 Å². The zero-order valence-electron chi connectivity index (χ0n) is 16.6. The van der Waals surface area contributed by atoms with Crippen molar-refractivity contribution in [1.29, 1.82) is 0 Å². The molecule has 0 heterocycles. The average Bonchev–Trinajstić information content (AvgIpc) is 2.79. The Kier molecular flexibility index (Phi) is 7.43. The summed E-state index contributed by atoms with van der Waals surface area (Å²) in [7, 11) is -8.81. The molecule has 0 amide bonds. The molecule has 10 nitrogen and oxygen atoms in total. The van der Waals surface area contributed by atoms with Gasteiger partial charge >= 0.3 is 7.82 Å². The molecular weight excluding hydrogens is 469 g/mol. The molecule has 0 aliphatic heterocycles. The van der Waals surface area contributed by atoms with E-state index in [9.17, 15) is 28.7 Å². The van der Waals surface area contributed by atoms with Gasteiger partial charge in [0.05, 0.1) is 17.1 Å². The van der Waals surface area contributed by atoms with Crippen LogP contribution in [0.15, 0.2) is 102 Å². The highest BCUT2D eigenvalue weighted by molar-refractivity contribution is 8.31. The lowest BCUT2D eigenvalue weighted by atomic mass is 10.3. The van der Waals surface area contributed by atoms with Crippen molar-refractivity contribution in [3.63, 3.8) is 0 Å². The van der Waals surface area contributed by atoms with Gasteiger partial charge in [-0.1, -0.05) is 36.4 Å². The van der Waals surface area contributed by atoms with Gasteiger partial charge in [-0.2, -0.15) is 15.0 Å². The molecule has 3 rings (SSSR count). The molecule has 0 aliphatic rings. The Morgan fingerprint density at radius 1 is 0.636 bits per heavy atom. The van der Waals surface area contributed by atoms with Crippen LogP contribution < -0.4 is 0 Å². The van der Waals surface area contributed by atoms with Gasteiger partial charge in [-0.3, -0.25) is 0 Å². The second-order valence-corrected chi connectivity index (χ2v) is 10.1. The zero-order chi connectivity index (χ0) is 23.9. The van der Waals surface area contributed by atoms with Crippen LogP contribution in [0.3, 0.4) is 0 Å². The molecule has 3 aromatic rings. The van der Waals surface area contributed by atoms with E-state index in [1.165, 1.54) is 54.6 Å². The first-order valence-corrected chi connectivity index (χ1v) is 12.1. The van der Waals surface area contributed by atoms with E-state index in [1.54, 1.807) is 36.4 Å².